The Hall–Kier alpha value is -3.01. The molecule has 0 heterocycles. The van der Waals surface area contributed by atoms with Crippen LogP contribution in [0.1, 0.15) is 24.1 Å². The Morgan fingerprint density at radius 2 is 1.67 bits per heavy atom. The molecule has 2 aromatic rings. The van der Waals surface area contributed by atoms with Crippen LogP contribution in [0.3, 0.4) is 0 Å². The van der Waals surface area contributed by atoms with Crippen molar-refractivity contribution in [2.75, 3.05) is 13.2 Å². The van der Waals surface area contributed by atoms with Gasteiger partial charge in [0.25, 0.3) is 10.0 Å². The second kappa shape index (κ2) is 10.7. The zero-order valence-corrected chi connectivity index (χ0v) is 17.6. The molecular weight excluding hydrogens is 408 g/mol. The number of rotatable bonds is 10. The van der Waals surface area contributed by atoms with E-state index in [2.05, 4.69) is 16.8 Å². The second-order valence-corrected chi connectivity index (χ2v) is 7.94. The predicted molar refractivity (Wildman–Crippen MR) is 111 cm³/mol. The number of carbonyl (C=O) groups is 2. The molecule has 0 fully saturated rings. The maximum absolute atomic E-state index is 12.6. The molecule has 0 radical (unpaired) electrons. The fourth-order valence-electron chi connectivity index (χ4n) is 2.51. The number of hydrazine groups is 1. The first kappa shape index (κ1) is 23.3. The van der Waals surface area contributed by atoms with Crippen molar-refractivity contribution in [3.8, 4) is 0 Å². The molecule has 0 spiro atoms. The summed E-state index contributed by atoms with van der Waals surface area (Å²) in [6, 6.07) is 13.7. The summed E-state index contributed by atoms with van der Waals surface area (Å²) in [4.78, 5) is 26.6. The summed E-state index contributed by atoms with van der Waals surface area (Å²) in [6.07, 6.45) is 0. The molecule has 2 rings (SSSR count). The van der Waals surface area contributed by atoms with E-state index in [-0.39, 0.29) is 23.7 Å². The number of hydrogen-bond donors (Lipinski definition) is 2. The smallest absolute Gasteiger partial charge is 0.336 e. The second-order valence-electron chi connectivity index (χ2n) is 6.29. The molecule has 30 heavy (non-hydrogen) atoms. The Morgan fingerprint density at radius 3 is 2.30 bits per heavy atom. The molecule has 0 aromatic heterocycles. The Morgan fingerprint density at radius 1 is 1.03 bits per heavy atom. The normalized spacial score (nSPS) is 12.1. The van der Waals surface area contributed by atoms with Crippen molar-refractivity contribution >= 4 is 22.0 Å². The Balaban J connectivity index is 2.14. The van der Waals surface area contributed by atoms with E-state index < -0.39 is 28.0 Å². The highest BCUT2D eigenvalue weighted by atomic mass is 32.2. The van der Waals surface area contributed by atoms with Crippen LogP contribution in [0.4, 0.5) is 0 Å². The number of nitrogens with one attached hydrogen (secondary N) is 2. The van der Waals surface area contributed by atoms with E-state index in [1.165, 1.54) is 6.07 Å². The van der Waals surface area contributed by atoms with Crippen molar-refractivity contribution in [1.29, 1.82) is 0 Å². The molecule has 0 aliphatic heterocycles. The lowest BCUT2D eigenvalue weighted by Gasteiger charge is -2.19. The lowest BCUT2D eigenvalue weighted by molar-refractivity contribution is -0.147. The van der Waals surface area contributed by atoms with Gasteiger partial charge in [0.1, 0.15) is 12.6 Å². The minimum absolute atomic E-state index is 0.0301. The van der Waals surface area contributed by atoms with E-state index in [1.807, 2.05) is 0 Å². The molecule has 9 heteroatoms. The zero-order valence-electron chi connectivity index (χ0n) is 16.8. The van der Waals surface area contributed by atoms with Gasteiger partial charge < -0.3 is 9.47 Å². The summed E-state index contributed by atoms with van der Waals surface area (Å²) in [5, 5.41) is 0. The molecule has 0 bridgehead atoms. The van der Waals surface area contributed by atoms with Crippen LogP contribution < -0.4 is 10.3 Å². The highest BCUT2D eigenvalue weighted by Gasteiger charge is 2.26. The average Bonchev–Trinajstić information content (AvgIpc) is 2.73. The maximum Gasteiger partial charge on any atom is 0.336 e. The van der Waals surface area contributed by atoms with E-state index in [0.29, 0.717) is 11.1 Å². The largest absolute Gasteiger partial charge is 0.463 e. The van der Waals surface area contributed by atoms with Crippen LogP contribution >= 0.6 is 0 Å². The van der Waals surface area contributed by atoms with Crippen LogP contribution in [-0.4, -0.2) is 33.6 Å². The minimum Gasteiger partial charge on any atom is -0.463 e. The SMILES string of the molecule is C=C(COC(=O)C(NNS(=O)(=O)c1ccccc1C)c1ccccc1)C(=O)OCC. The van der Waals surface area contributed by atoms with Crippen LogP contribution in [0.15, 0.2) is 71.6 Å². The lowest BCUT2D eigenvalue weighted by Crippen LogP contribution is -2.43. The summed E-state index contributed by atoms with van der Waals surface area (Å²) in [6.45, 7) is 6.62. The van der Waals surface area contributed by atoms with Gasteiger partial charge in [-0.2, -0.15) is 0 Å². The molecule has 0 saturated carbocycles. The van der Waals surface area contributed by atoms with E-state index >= 15 is 0 Å². The monoisotopic (exact) mass is 432 g/mol. The number of sulfonamides is 1. The van der Waals surface area contributed by atoms with Crippen molar-refractivity contribution < 1.29 is 27.5 Å². The molecule has 0 saturated heterocycles. The van der Waals surface area contributed by atoms with Crippen LogP contribution in [0, 0.1) is 6.92 Å². The first-order valence-corrected chi connectivity index (χ1v) is 10.6. The van der Waals surface area contributed by atoms with Gasteiger partial charge in [0.05, 0.1) is 17.1 Å². The fraction of sp³-hybridized carbons (Fsp3) is 0.238. The fourth-order valence-corrected chi connectivity index (χ4v) is 3.64. The van der Waals surface area contributed by atoms with Crippen molar-refractivity contribution in [3.05, 3.63) is 77.9 Å². The first-order chi connectivity index (χ1) is 14.3. The summed E-state index contributed by atoms with van der Waals surface area (Å²) in [5.74, 6) is -1.46. The first-order valence-electron chi connectivity index (χ1n) is 9.15. The van der Waals surface area contributed by atoms with Gasteiger partial charge in [0, 0.05) is 0 Å². The van der Waals surface area contributed by atoms with Crippen LogP contribution in [0.5, 0.6) is 0 Å². The van der Waals surface area contributed by atoms with Crippen molar-refractivity contribution in [2.24, 2.45) is 0 Å². The highest BCUT2D eigenvalue weighted by Crippen LogP contribution is 2.17. The third-order valence-electron chi connectivity index (χ3n) is 4.04. The highest BCUT2D eigenvalue weighted by molar-refractivity contribution is 7.89. The van der Waals surface area contributed by atoms with Crippen molar-refractivity contribution in [1.82, 2.24) is 10.3 Å². The van der Waals surface area contributed by atoms with Gasteiger partial charge in [0.15, 0.2) is 0 Å². The van der Waals surface area contributed by atoms with Crippen LogP contribution in [0.25, 0.3) is 0 Å². The van der Waals surface area contributed by atoms with Gasteiger partial charge in [-0.15, -0.1) is 4.83 Å². The Bertz CT molecular complexity index is 1010. The van der Waals surface area contributed by atoms with E-state index in [0.717, 1.165) is 0 Å². The third kappa shape index (κ3) is 6.24. The predicted octanol–water partition coefficient (Wildman–Crippen LogP) is 2.18. The number of ether oxygens (including phenoxy) is 2. The van der Waals surface area contributed by atoms with Crippen molar-refractivity contribution in [3.63, 3.8) is 0 Å². The molecular formula is C21H24N2O6S. The summed E-state index contributed by atoms with van der Waals surface area (Å²) < 4.78 is 35.2. The quantitative estimate of drug-likeness (QED) is 0.336. The van der Waals surface area contributed by atoms with Crippen molar-refractivity contribution in [2.45, 2.75) is 24.8 Å². The molecule has 2 aromatic carbocycles. The Kier molecular flexibility index (Phi) is 8.28. The molecule has 8 nitrogen and oxygen atoms in total. The number of carbonyl (C=O) groups excluding carboxylic acids is 2. The zero-order chi connectivity index (χ0) is 22.1. The van der Waals surface area contributed by atoms with Crippen LogP contribution in [0.2, 0.25) is 0 Å². The molecule has 1 atom stereocenters. The standard InChI is InChI=1S/C21H24N2O6S/c1-4-28-20(24)16(3)14-29-21(25)19(17-11-6-5-7-12-17)22-23-30(26,27)18-13-9-8-10-15(18)2/h5-13,19,22-23H,3-4,14H2,1-2H3. The topological polar surface area (TPSA) is 111 Å². The molecule has 2 N–H and O–H groups in total. The van der Waals surface area contributed by atoms with Gasteiger partial charge in [-0.05, 0) is 31.0 Å². The van der Waals surface area contributed by atoms with E-state index in [1.54, 1.807) is 62.4 Å². The summed E-state index contributed by atoms with van der Waals surface area (Å²) >= 11 is 0. The Labute approximate surface area is 175 Å². The summed E-state index contributed by atoms with van der Waals surface area (Å²) in [7, 11) is -3.94. The number of benzene rings is 2. The van der Waals surface area contributed by atoms with Gasteiger partial charge >= 0.3 is 11.9 Å². The molecule has 0 aliphatic carbocycles. The molecule has 0 aliphatic rings. The lowest BCUT2D eigenvalue weighted by atomic mass is 10.1. The van der Waals surface area contributed by atoms with Gasteiger partial charge in [-0.1, -0.05) is 55.1 Å². The average molecular weight is 432 g/mol. The third-order valence-corrected chi connectivity index (χ3v) is 5.47. The molecule has 160 valence electrons. The number of aryl methyl sites for hydroxylation is 1. The van der Waals surface area contributed by atoms with Gasteiger partial charge in [-0.25, -0.2) is 23.4 Å². The van der Waals surface area contributed by atoms with Gasteiger partial charge in [0.2, 0.25) is 0 Å². The minimum atomic E-state index is -3.94. The van der Waals surface area contributed by atoms with E-state index in [4.69, 9.17) is 9.47 Å². The van der Waals surface area contributed by atoms with E-state index in [9.17, 15) is 18.0 Å². The number of hydrogen-bond acceptors (Lipinski definition) is 7. The molecule has 0 amide bonds. The maximum atomic E-state index is 12.6. The molecule has 1 unspecified atom stereocenters. The van der Waals surface area contributed by atoms with Crippen LogP contribution in [-0.2, 0) is 29.1 Å². The summed E-state index contributed by atoms with van der Waals surface area (Å²) in [5.41, 5.74) is 3.51. The number of esters is 2. The van der Waals surface area contributed by atoms with Gasteiger partial charge in [-0.3, -0.25) is 0 Å².